The molecule has 3 heterocycles. The average Bonchev–Trinajstić information content (AvgIpc) is 2.88. The number of rotatable bonds is 1. The van der Waals surface area contributed by atoms with Crippen LogP contribution in [0.3, 0.4) is 0 Å². The van der Waals surface area contributed by atoms with Gasteiger partial charge in [0.1, 0.15) is 5.82 Å². The fraction of sp³-hybridized carbons (Fsp3) is 0. The van der Waals surface area contributed by atoms with Crippen LogP contribution >= 0.6 is 0 Å². The Morgan fingerprint density at radius 3 is 2.86 bits per heavy atom. The van der Waals surface area contributed by atoms with E-state index in [-0.39, 0.29) is 0 Å². The maximum atomic E-state index is 4.19. The summed E-state index contributed by atoms with van der Waals surface area (Å²) in [6.07, 6.45) is 6.86. The molecule has 5 heteroatoms. The molecule has 0 radical (unpaired) electrons. The molecule has 5 nitrogen and oxygen atoms in total. The van der Waals surface area contributed by atoms with Crippen molar-refractivity contribution in [2.45, 2.75) is 0 Å². The lowest BCUT2D eigenvalue weighted by molar-refractivity contribution is 1.29. The minimum atomic E-state index is 0.707. The number of H-pyrrole nitrogens is 2. The zero-order valence-corrected chi connectivity index (χ0v) is 7.23. The molecule has 2 N–H and O–H groups in total. The van der Waals surface area contributed by atoms with Gasteiger partial charge in [0.25, 0.3) is 0 Å². The second kappa shape index (κ2) is 2.66. The highest BCUT2D eigenvalue weighted by atomic mass is 15.0. The Morgan fingerprint density at radius 2 is 2.00 bits per heavy atom. The molecule has 0 aliphatic rings. The number of hydrogen-bond donors (Lipinski definition) is 2. The van der Waals surface area contributed by atoms with Gasteiger partial charge in [0.2, 0.25) is 0 Å². The maximum Gasteiger partial charge on any atom is 0.178 e. The summed E-state index contributed by atoms with van der Waals surface area (Å²) in [7, 11) is 0. The number of imidazole rings is 2. The van der Waals surface area contributed by atoms with E-state index in [0.717, 1.165) is 16.9 Å². The summed E-state index contributed by atoms with van der Waals surface area (Å²) >= 11 is 0. The van der Waals surface area contributed by atoms with Crippen LogP contribution in [0.2, 0.25) is 0 Å². The van der Waals surface area contributed by atoms with Crippen molar-refractivity contribution in [3.05, 3.63) is 31.0 Å². The minimum Gasteiger partial charge on any atom is -0.345 e. The fourth-order valence-electron chi connectivity index (χ4n) is 1.46. The van der Waals surface area contributed by atoms with Crippen molar-refractivity contribution in [2.75, 3.05) is 0 Å². The number of aromatic nitrogens is 5. The van der Waals surface area contributed by atoms with Crippen LogP contribution in [0, 0.1) is 0 Å². The van der Waals surface area contributed by atoms with E-state index in [2.05, 4.69) is 24.9 Å². The van der Waals surface area contributed by atoms with E-state index in [1.165, 1.54) is 0 Å². The van der Waals surface area contributed by atoms with Crippen LogP contribution in [-0.2, 0) is 0 Å². The molecule has 0 fully saturated rings. The van der Waals surface area contributed by atoms with Crippen molar-refractivity contribution in [3.8, 4) is 11.4 Å². The largest absolute Gasteiger partial charge is 0.345 e. The monoisotopic (exact) mass is 185 g/mol. The standard InChI is InChI=1S/C9H7N5/c1-2-10-9-7(13-5-14-9)6(1)8-11-3-4-12-8/h1-5H,(H,11,12)(H,10,13,14). The Labute approximate surface area is 79.2 Å². The van der Waals surface area contributed by atoms with Gasteiger partial charge in [-0.3, -0.25) is 0 Å². The number of pyridine rings is 1. The van der Waals surface area contributed by atoms with E-state index in [9.17, 15) is 0 Å². The van der Waals surface area contributed by atoms with E-state index in [1.807, 2.05) is 6.07 Å². The Morgan fingerprint density at radius 1 is 1.00 bits per heavy atom. The molecular weight excluding hydrogens is 178 g/mol. The number of nitrogens with zero attached hydrogens (tertiary/aromatic N) is 3. The Kier molecular flexibility index (Phi) is 1.38. The molecule has 0 aliphatic carbocycles. The third-order valence-electron chi connectivity index (χ3n) is 2.08. The van der Waals surface area contributed by atoms with Crippen molar-refractivity contribution in [1.82, 2.24) is 24.9 Å². The van der Waals surface area contributed by atoms with Crippen molar-refractivity contribution in [2.24, 2.45) is 0 Å². The second-order valence-corrected chi connectivity index (χ2v) is 2.90. The summed E-state index contributed by atoms with van der Waals surface area (Å²) in [6.45, 7) is 0. The maximum absolute atomic E-state index is 4.19. The average molecular weight is 185 g/mol. The number of hydrogen-bond acceptors (Lipinski definition) is 3. The minimum absolute atomic E-state index is 0.707. The molecule has 0 amide bonds. The molecule has 0 spiro atoms. The van der Waals surface area contributed by atoms with Crippen molar-refractivity contribution >= 4 is 11.2 Å². The first kappa shape index (κ1) is 7.25. The van der Waals surface area contributed by atoms with Gasteiger partial charge in [0.05, 0.1) is 11.8 Å². The highest BCUT2D eigenvalue weighted by molar-refractivity contribution is 5.86. The van der Waals surface area contributed by atoms with Crippen LogP contribution in [0.25, 0.3) is 22.6 Å². The van der Waals surface area contributed by atoms with Gasteiger partial charge in [-0.2, -0.15) is 0 Å². The van der Waals surface area contributed by atoms with E-state index in [1.54, 1.807) is 24.9 Å². The highest BCUT2D eigenvalue weighted by Gasteiger charge is 2.07. The van der Waals surface area contributed by atoms with Gasteiger partial charge < -0.3 is 9.97 Å². The number of nitrogens with one attached hydrogen (secondary N) is 2. The Balaban J connectivity index is 2.36. The predicted octanol–water partition coefficient (Wildman–Crippen LogP) is 1.35. The van der Waals surface area contributed by atoms with Crippen LogP contribution in [0.15, 0.2) is 31.0 Å². The van der Waals surface area contributed by atoms with Gasteiger partial charge in [0, 0.05) is 24.2 Å². The molecule has 68 valence electrons. The molecule has 0 saturated carbocycles. The molecule has 0 saturated heterocycles. The van der Waals surface area contributed by atoms with Crippen molar-refractivity contribution in [1.29, 1.82) is 0 Å². The lowest BCUT2D eigenvalue weighted by Crippen LogP contribution is -1.84. The summed E-state index contributed by atoms with van der Waals surface area (Å²) in [5, 5.41) is 0. The third-order valence-corrected chi connectivity index (χ3v) is 2.08. The summed E-state index contributed by atoms with van der Waals surface area (Å²) in [4.78, 5) is 18.5. The zero-order valence-electron chi connectivity index (χ0n) is 7.23. The Hall–Kier alpha value is -2.17. The first-order valence-corrected chi connectivity index (χ1v) is 4.23. The quantitative estimate of drug-likeness (QED) is 0.601. The third kappa shape index (κ3) is 0.922. The summed E-state index contributed by atoms with van der Waals surface area (Å²) < 4.78 is 0. The van der Waals surface area contributed by atoms with E-state index < -0.39 is 0 Å². The van der Waals surface area contributed by atoms with Crippen LogP contribution in [0.5, 0.6) is 0 Å². The molecule has 0 aliphatic heterocycles. The van der Waals surface area contributed by atoms with Gasteiger partial charge in [-0.25, -0.2) is 15.0 Å². The van der Waals surface area contributed by atoms with Gasteiger partial charge >= 0.3 is 0 Å². The van der Waals surface area contributed by atoms with Crippen molar-refractivity contribution < 1.29 is 0 Å². The number of aromatic amines is 2. The fourth-order valence-corrected chi connectivity index (χ4v) is 1.46. The van der Waals surface area contributed by atoms with E-state index >= 15 is 0 Å². The van der Waals surface area contributed by atoms with Gasteiger partial charge in [0.15, 0.2) is 5.65 Å². The molecular formula is C9H7N5. The summed E-state index contributed by atoms with van der Waals surface area (Å²) in [5.74, 6) is 0.821. The SMILES string of the molecule is c1c[nH]c(-c2ccnc3nc[nH]c23)n1. The second-order valence-electron chi connectivity index (χ2n) is 2.90. The van der Waals surface area contributed by atoms with Crippen LogP contribution in [0.4, 0.5) is 0 Å². The predicted molar refractivity (Wildman–Crippen MR) is 51.5 cm³/mol. The van der Waals surface area contributed by atoms with Gasteiger partial charge in [-0.15, -0.1) is 0 Å². The summed E-state index contributed by atoms with van der Waals surface area (Å²) in [6, 6.07) is 1.90. The lowest BCUT2D eigenvalue weighted by atomic mass is 10.2. The van der Waals surface area contributed by atoms with Crippen LogP contribution < -0.4 is 0 Å². The van der Waals surface area contributed by atoms with E-state index in [0.29, 0.717) is 5.65 Å². The molecule has 14 heavy (non-hydrogen) atoms. The van der Waals surface area contributed by atoms with Gasteiger partial charge in [-0.1, -0.05) is 0 Å². The van der Waals surface area contributed by atoms with Crippen molar-refractivity contribution in [3.63, 3.8) is 0 Å². The molecule has 0 bridgehead atoms. The first-order valence-electron chi connectivity index (χ1n) is 4.23. The van der Waals surface area contributed by atoms with Crippen LogP contribution in [-0.4, -0.2) is 24.9 Å². The van der Waals surface area contributed by atoms with Gasteiger partial charge in [-0.05, 0) is 6.07 Å². The smallest absolute Gasteiger partial charge is 0.178 e. The zero-order chi connectivity index (χ0) is 9.38. The van der Waals surface area contributed by atoms with Crippen LogP contribution in [0.1, 0.15) is 0 Å². The summed E-state index contributed by atoms with van der Waals surface area (Å²) in [5.41, 5.74) is 2.60. The molecule has 3 aromatic heterocycles. The molecule has 3 aromatic rings. The molecule has 0 unspecified atom stereocenters. The molecule has 3 rings (SSSR count). The normalized spacial score (nSPS) is 10.9. The topological polar surface area (TPSA) is 70.2 Å². The van der Waals surface area contributed by atoms with E-state index in [4.69, 9.17) is 0 Å². The molecule has 0 atom stereocenters. The first-order chi connectivity index (χ1) is 6.95. The highest BCUT2D eigenvalue weighted by Crippen LogP contribution is 2.21. The lowest BCUT2D eigenvalue weighted by Gasteiger charge is -1.96. The Bertz CT molecular complexity index is 551. The number of fused-ring (bicyclic) bond motifs is 1. The molecule has 0 aromatic carbocycles.